The molecule has 0 aliphatic heterocycles. The lowest BCUT2D eigenvalue weighted by molar-refractivity contribution is -0.129. The molecule has 170 valence electrons. The van der Waals surface area contributed by atoms with Crippen molar-refractivity contribution in [3.63, 3.8) is 0 Å². The van der Waals surface area contributed by atoms with Crippen LogP contribution in [0.25, 0.3) is 12.2 Å². The van der Waals surface area contributed by atoms with Crippen LogP contribution in [0.4, 0.5) is 0 Å². The molecule has 0 amide bonds. The van der Waals surface area contributed by atoms with Gasteiger partial charge in [0.25, 0.3) is 0 Å². The topological polar surface area (TPSA) is 145 Å². The van der Waals surface area contributed by atoms with Crippen molar-refractivity contribution >= 4 is 23.7 Å². The third-order valence-corrected chi connectivity index (χ3v) is 4.92. The summed E-state index contributed by atoms with van der Waals surface area (Å²) < 4.78 is 10.1. The zero-order valence-corrected chi connectivity index (χ0v) is 18.1. The van der Waals surface area contributed by atoms with Crippen LogP contribution < -0.4 is 20.9 Å². The lowest BCUT2D eigenvalue weighted by atomic mass is 9.84. The summed E-state index contributed by atoms with van der Waals surface area (Å²) >= 11 is 0. The second-order valence-electron chi connectivity index (χ2n) is 7.12. The maximum atomic E-state index is 12.9. The second-order valence-corrected chi connectivity index (χ2v) is 7.12. The first-order valence-electron chi connectivity index (χ1n) is 9.93. The van der Waals surface area contributed by atoms with Crippen LogP contribution in [0.3, 0.4) is 0 Å². The molecule has 32 heavy (non-hydrogen) atoms. The molecule has 2 aromatic rings. The molecule has 6 N–H and O–H groups in total. The lowest BCUT2D eigenvalue weighted by Crippen LogP contribution is -2.53. The monoisotopic (exact) mass is 440 g/mol. The Morgan fingerprint density at radius 1 is 0.906 bits per heavy atom. The number of aromatic hydroxyl groups is 2. The molecule has 0 aliphatic carbocycles. The van der Waals surface area contributed by atoms with E-state index in [1.54, 1.807) is 24.3 Å². The number of ketones is 2. The van der Waals surface area contributed by atoms with E-state index in [1.807, 2.05) is 0 Å². The van der Waals surface area contributed by atoms with Crippen molar-refractivity contribution in [2.75, 3.05) is 20.8 Å². The average Bonchev–Trinajstić information content (AvgIpc) is 2.80. The Bertz CT molecular complexity index is 954. The Hall–Kier alpha value is -3.62. The fraction of sp³-hybridized carbons (Fsp3) is 0.250. The first kappa shape index (κ1) is 24.6. The summed E-state index contributed by atoms with van der Waals surface area (Å²) in [6.07, 6.45) is 5.92. The largest absolute Gasteiger partial charge is 0.504 e. The number of phenols is 2. The van der Waals surface area contributed by atoms with Crippen molar-refractivity contribution in [1.82, 2.24) is 0 Å². The Kier molecular flexibility index (Phi) is 8.57. The van der Waals surface area contributed by atoms with Gasteiger partial charge in [0.05, 0.1) is 14.2 Å². The first-order chi connectivity index (χ1) is 15.2. The van der Waals surface area contributed by atoms with Crippen LogP contribution in [0.1, 0.15) is 24.0 Å². The standard InChI is InChI=1S/C24H28N2O6/c1-31-20-14-16(4-8-18(20)27)6-10-22(29)24(26,12-3-13-25)23(30)11-7-17-5-9-19(28)21(15-17)32-2/h4-11,14-15,27-28H,3,12-13,25-26H2,1-2H3. The Labute approximate surface area is 186 Å². The predicted molar refractivity (Wildman–Crippen MR) is 123 cm³/mol. The fourth-order valence-electron chi connectivity index (χ4n) is 2.99. The van der Waals surface area contributed by atoms with Gasteiger partial charge in [-0.05, 0) is 66.9 Å². The maximum absolute atomic E-state index is 12.9. The van der Waals surface area contributed by atoms with E-state index in [0.29, 0.717) is 17.5 Å². The maximum Gasteiger partial charge on any atom is 0.183 e. The number of benzene rings is 2. The highest BCUT2D eigenvalue weighted by Crippen LogP contribution is 2.28. The van der Waals surface area contributed by atoms with Gasteiger partial charge in [-0.25, -0.2) is 0 Å². The van der Waals surface area contributed by atoms with Crippen LogP contribution in [-0.2, 0) is 9.59 Å². The van der Waals surface area contributed by atoms with Crippen LogP contribution in [0.2, 0.25) is 0 Å². The minimum atomic E-state index is -1.78. The molecule has 0 fully saturated rings. The summed E-state index contributed by atoms with van der Waals surface area (Å²) in [6.45, 7) is 0.275. The molecule has 0 spiro atoms. The van der Waals surface area contributed by atoms with Crippen LogP contribution in [0, 0.1) is 0 Å². The van der Waals surface area contributed by atoms with Crippen molar-refractivity contribution in [3.8, 4) is 23.0 Å². The lowest BCUT2D eigenvalue weighted by Gasteiger charge is -2.23. The van der Waals surface area contributed by atoms with Crippen LogP contribution >= 0.6 is 0 Å². The van der Waals surface area contributed by atoms with Gasteiger partial charge in [-0.2, -0.15) is 0 Å². The summed E-state index contributed by atoms with van der Waals surface area (Å²) in [5.74, 6) is -0.696. The van der Waals surface area contributed by atoms with Gasteiger partial charge in [-0.15, -0.1) is 0 Å². The van der Waals surface area contributed by atoms with E-state index >= 15 is 0 Å². The molecular weight excluding hydrogens is 412 g/mol. The van der Waals surface area contributed by atoms with Crippen LogP contribution in [0.15, 0.2) is 48.6 Å². The minimum Gasteiger partial charge on any atom is -0.504 e. The number of methoxy groups -OCH3 is 2. The number of rotatable bonds is 11. The predicted octanol–water partition coefficient (Wildman–Crippen LogP) is 2.42. The van der Waals surface area contributed by atoms with E-state index in [4.69, 9.17) is 20.9 Å². The molecule has 8 nitrogen and oxygen atoms in total. The van der Waals surface area contributed by atoms with E-state index in [1.165, 1.54) is 50.7 Å². The molecule has 8 heteroatoms. The summed E-state index contributed by atoms with van der Waals surface area (Å²) in [7, 11) is 2.83. The number of hydrogen-bond acceptors (Lipinski definition) is 8. The number of ether oxygens (including phenoxy) is 2. The highest BCUT2D eigenvalue weighted by Gasteiger charge is 2.37. The molecule has 0 radical (unpaired) electrons. The third-order valence-electron chi connectivity index (χ3n) is 4.92. The van der Waals surface area contributed by atoms with E-state index in [2.05, 4.69) is 0 Å². The molecule has 0 unspecified atom stereocenters. The van der Waals surface area contributed by atoms with E-state index in [-0.39, 0.29) is 36.0 Å². The molecule has 0 bridgehead atoms. The molecule has 0 saturated carbocycles. The van der Waals surface area contributed by atoms with Crippen molar-refractivity contribution < 1.29 is 29.3 Å². The van der Waals surface area contributed by atoms with Gasteiger partial charge >= 0.3 is 0 Å². The van der Waals surface area contributed by atoms with E-state index < -0.39 is 17.1 Å². The molecule has 0 aromatic heterocycles. The summed E-state index contributed by atoms with van der Waals surface area (Å²) in [6, 6.07) is 9.17. The van der Waals surface area contributed by atoms with E-state index in [9.17, 15) is 19.8 Å². The number of nitrogens with two attached hydrogens (primary N) is 2. The van der Waals surface area contributed by atoms with Gasteiger partial charge in [0.1, 0.15) is 5.54 Å². The van der Waals surface area contributed by atoms with Gasteiger partial charge in [-0.1, -0.05) is 24.3 Å². The van der Waals surface area contributed by atoms with Gasteiger partial charge < -0.3 is 31.2 Å². The van der Waals surface area contributed by atoms with Crippen LogP contribution in [0.5, 0.6) is 23.0 Å². The van der Waals surface area contributed by atoms with Crippen molar-refractivity contribution in [1.29, 1.82) is 0 Å². The Balaban J connectivity index is 2.27. The van der Waals surface area contributed by atoms with Gasteiger partial charge in [0.15, 0.2) is 34.6 Å². The van der Waals surface area contributed by atoms with Crippen molar-refractivity contribution in [3.05, 3.63) is 59.7 Å². The van der Waals surface area contributed by atoms with E-state index in [0.717, 1.165) is 0 Å². The zero-order valence-electron chi connectivity index (χ0n) is 18.1. The molecule has 0 saturated heterocycles. The third kappa shape index (κ3) is 5.96. The molecule has 0 heterocycles. The van der Waals surface area contributed by atoms with Crippen molar-refractivity contribution in [2.24, 2.45) is 11.5 Å². The number of carbonyl (C=O) groups is 2. The Morgan fingerprint density at radius 3 is 1.72 bits per heavy atom. The molecule has 2 aromatic carbocycles. The summed E-state index contributed by atoms with van der Waals surface area (Å²) in [5.41, 5.74) is 11.2. The highest BCUT2D eigenvalue weighted by atomic mass is 16.5. The average molecular weight is 440 g/mol. The minimum absolute atomic E-state index is 0.0294. The smallest absolute Gasteiger partial charge is 0.183 e. The molecule has 2 rings (SSSR count). The fourth-order valence-corrected chi connectivity index (χ4v) is 2.99. The van der Waals surface area contributed by atoms with Gasteiger partial charge in [-0.3, -0.25) is 9.59 Å². The zero-order chi connectivity index (χ0) is 23.7. The van der Waals surface area contributed by atoms with Crippen molar-refractivity contribution in [2.45, 2.75) is 18.4 Å². The molecule has 0 aliphatic rings. The quantitative estimate of drug-likeness (QED) is 0.308. The number of phenolic OH excluding ortho intramolecular Hbond substituents is 2. The molecular formula is C24H28N2O6. The summed E-state index contributed by atoms with van der Waals surface area (Å²) in [4.78, 5) is 25.8. The molecule has 0 atom stereocenters. The van der Waals surface area contributed by atoms with Gasteiger partial charge in [0.2, 0.25) is 0 Å². The highest BCUT2D eigenvalue weighted by molar-refractivity contribution is 6.21. The second kappa shape index (κ2) is 11.1. The van der Waals surface area contributed by atoms with Gasteiger partial charge in [0, 0.05) is 0 Å². The number of hydrogen-bond donors (Lipinski definition) is 4. The first-order valence-corrected chi connectivity index (χ1v) is 9.93. The summed E-state index contributed by atoms with van der Waals surface area (Å²) in [5, 5.41) is 19.4. The number of carbonyl (C=O) groups excluding carboxylic acids is 2. The normalized spacial score (nSPS) is 13.2. The SMILES string of the molecule is COc1cc(C=CC(=O)C(N)(CCCN)C(=O)C=Cc2ccc(O)c(OC)c2)ccc1O. The Morgan fingerprint density at radius 2 is 1.34 bits per heavy atom. The van der Waals surface area contributed by atoms with Crippen LogP contribution in [-0.4, -0.2) is 48.1 Å².